The summed E-state index contributed by atoms with van der Waals surface area (Å²) in [5.41, 5.74) is 6.09. The van der Waals surface area contributed by atoms with Gasteiger partial charge in [-0.25, -0.2) is 0 Å². The predicted octanol–water partition coefficient (Wildman–Crippen LogP) is 4.83. The van der Waals surface area contributed by atoms with Crippen molar-refractivity contribution < 1.29 is 9.53 Å². The van der Waals surface area contributed by atoms with Crippen molar-refractivity contribution in [2.75, 3.05) is 7.11 Å². The number of ether oxygens (including phenoxy) is 1. The van der Waals surface area contributed by atoms with Crippen molar-refractivity contribution in [1.29, 1.82) is 0 Å². The number of rotatable bonds is 4. The van der Waals surface area contributed by atoms with Crippen molar-refractivity contribution >= 4 is 5.78 Å². The summed E-state index contributed by atoms with van der Waals surface area (Å²) in [6.07, 6.45) is 5.67. The first-order chi connectivity index (χ1) is 13.0. The van der Waals surface area contributed by atoms with Crippen molar-refractivity contribution in [2.24, 2.45) is 5.41 Å². The highest BCUT2D eigenvalue weighted by molar-refractivity contribution is 6.02. The molecule has 1 N–H and O–H groups in total. The van der Waals surface area contributed by atoms with Crippen LogP contribution in [0, 0.1) is 5.41 Å². The molecule has 2 aromatic heterocycles. The van der Waals surface area contributed by atoms with Crippen LogP contribution in [0.1, 0.15) is 47.4 Å². The lowest BCUT2D eigenvalue weighted by Crippen LogP contribution is -2.27. The Morgan fingerprint density at radius 3 is 2.59 bits per heavy atom. The number of nitrogens with zero attached hydrogens (tertiary/aromatic N) is 1. The van der Waals surface area contributed by atoms with E-state index in [1.165, 1.54) is 0 Å². The second-order valence-corrected chi connectivity index (χ2v) is 8.00. The van der Waals surface area contributed by atoms with Gasteiger partial charge in [0.2, 0.25) is 0 Å². The Bertz CT molecular complexity index is 987. The van der Waals surface area contributed by atoms with E-state index in [1.807, 2.05) is 30.3 Å². The van der Waals surface area contributed by atoms with Gasteiger partial charge >= 0.3 is 0 Å². The second kappa shape index (κ2) is 6.69. The first kappa shape index (κ1) is 17.5. The summed E-state index contributed by atoms with van der Waals surface area (Å²) in [6, 6.07) is 12.0. The number of aromatic amines is 1. The van der Waals surface area contributed by atoms with Crippen molar-refractivity contribution in [1.82, 2.24) is 9.97 Å². The number of methoxy groups -OCH3 is 1. The normalized spacial score (nSPS) is 15.4. The number of para-hydroxylation sites is 1. The molecule has 0 amide bonds. The van der Waals surface area contributed by atoms with Crippen LogP contribution in [0.3, 0.4) is 0 Å². The van der Waals surface area contributed by atoms with Gasteiger partial charge in [0.15, 0.2) is 5.78 Å². The third-order valence-electron chi connectivity index (χ3n) is 5.28. The number of hydrogen-bond donors (Lipinski definition) is 1. The molecule has 4 heteroatoms. The molecule has 4 nitrogen and oxygen atoms in total. The zero-order valence-electron chi connectivity index (χ0n) is 16.0. The van der Waals surface area contributed by atoms with E-state index < -0.39 is 0 Å². The topological polar surface area (TPSA) is 55.0 Å². The number of hydrogen-bond acceptors (Lipinski definition) is 3. The summed E-state index contributed by atoms with van der Waals surface area (Å²) < 4.78 is 5.54. The number of ketones is 1. The van der Waals surface area contributed by atoms with Crippen LogP contribution in [0.2, 0.25) is 0 Å². The molecule has 1 aromatic carbocycles. The first-order valence-electron chi connectivity index (χ1n) is 9.28. The van der Waals surface area contributed by atoms with Gasteiger partial charge in [0.25, 0.3) is 0 Å². The van der Waals surface area contributed by atoms with Crippen LogP contribution in [0.15, 0.2) is 48.8 Å². The van der Waals surface area contributed by atoms with Gasteiger partial charge in [-0.15, -0.1) is 0 Å². The highest BCUT2D eigenvalue weighted by Crippen LogP contribution is 2.40. The lowest BCUT2D eigenvalue weighted by molar-refractivity contribution is 0.0911. The smallest absolute Gasteiger partial charge is 0.165 e. The quantitative estimate of drug-likeness (QED) is 0.725. The van der Waals surface area contributed by atoms with Gasteiger partial charge in [0.05, 0.1) is 12.8 Å². The Morgan fingerprint density at radius 2 is 1.85 bits per heavy atom. The van der Waals surface area contributed by atoms with Crippen LogP contribution < -0.4 is 4.74 Å². The molecule has 27 heavy (non-hydrogen) atoms. The van der Waals surface area contributed by atoms with E-state index in [9.17, 15) is 4.79 Å². The molecule has 2 heterocycles. The third kappa shape index (κ3) is 3.27. The monoisotopic (exact) mass is 360 g/mol. The maximum absolute atomic E-state index is 13.0. The highest BCUT2D eigenvalue weighted by atomic mass is 16.5. The molecule has 138 valence electrons. The van der Waals surface area contributed by atoms with Crippen LogP contribution in [0.4, 0.5) is 0 Å². The lowest BCUT2D eigenvalue weighted by Gasteiger charge is -2.28. The van der Waals surface area contributed by atoms with Crippen molar-refractivity contribution in [3.05, 3.63) is 71.2 Å². The van der Waals surface area contributed by atoms with E-state index in [1.54, 1.807) is 19.5 Å². The van der Waals surface area contributed by atoms with Crippen molar-refractivity contribution in [3.63, 3.8) is 0 Å². The minimum atomic E-state index is -0.0217. The Labute approximate surface area is 159 Å². The Morgan fingerprint density at radius 1 is 1.11 bits per heavy atom. The van der Waals surface area contributed by atoms with E-state index in [2.05, 4.69) is 29.9 Å². The summed E-state index contributed by atoms with van der Waals surface area (Å²) in [4.78, 5) is 20.8. The number of benzene rings is 1. The fourth-order valence-electron chi connectivity index (χ4n) is 4.11. The Hall–Kier alpha value is -2.88. The average molecular weight is 360 g/mol. The summed E-state index contributed by atoms with van der Waals surface area (Å²) in [5, 5.41) is 0. The number of Topliss-reactive ketones (excluding diaryl/α,β-unsaturated/α-hetero) is 1. The number of carbonyl (C=O) groups is 1. The van der Waals surface area contributed by atoms with Crippen LogP contribution in [0.5, 0.6) is 5.75 Å². The summed E-state index contributed by atoms with van der Waals surface area (Å²) in [5.74, 6) is 1.07. The van der Waals surface area contributed by atoms with Gasteiger partial charge in [-0.05, 0) is 41.2 Å². The number of carbonyl (C=O) groups excluding carboxylic acids is 1. The molecular weight excluding hydrogens is 336 g/mol. The number of H-pyrrole nitrogens is 1. The molecule has 0 radical (unpaired) electrons. The van der Waals surface area contributed by atoms with E-state index >= 15 is 0 Å². The second-order valence-electron chi connectivity index (χ2n) is 8.00. The molecule has 1 aliphatic rings. The van der Waals surface area contributed by atoms with E-state index in [4.69, 9.17) is 4.74 Å². The van der Waals surface area contributed by atoms with Crippen molar-refractivity contribution in [2.45, 2.75) is 33.1 Å². The average Bonchev–Trinajstić information content (AvgIpc) is 3.00. The van der Waals surface area contributed by atoms with E-state index in [-0.39, 0.29) is 11.2 Å². The maximum atomic E-state index is 13.0. The van der Waals surface area contributed by atoms with Crippen LogP contribution >= 0.6 is 0 Å². The number of pyridine rings is 1. The van der Waals surface area contributed by atoms with Gasteiger partial charge in [0.1, 0.15) is 5.75 Å². The molecule has 0 bridgehead atoms. The van der Waals surface area contributed by atoms with Crippen LogP contribution in [0.25, 0.3) is 11.3 Å². The summed E-state index contributed by atoms with van der Waals surface area (Å²) in [6.45, 7) is 4.31. The number of nitrogens with one attached hydrogen (secondary N) is 1. The molecule has 3 aromatic rings. The molecule has 0 saturated heterocycles. The van der Waals surface area contributed by atoms with Gasteiger partial charge in [-0.1, -0.05) is 32.0 Å². The molecule has 0 spiro atoms. The summed E-state index contributed by atoms with van der Waals surface area (Å²) in [7, 11) is 1.68. The minimum absolute atomic E-state index is 0.0217. The Kier molecular flexibility index (Phi) is 4.34. The van der Waals surface area contributed by atoms with Gasteiger partial charge in [-0.3, -0.25) is 9.78 Å². The van der Waals surface area contributed by atoms with Crippen molar-refractivity contribution in [3.8, 4) is 17.0 Å². The standard InChI is InChI=1S/C23H24N2O2/c1-23(2)13-18-21(19(26)14-23)17(12-16-6-4-5-7-20(16)27-3)22(25-18)15-8-10-24-11-9-15/h4-11,25H,12-14H2,1-3H3. The molecular formula is C23H24N2O2. The molecule has 0 atom stereocenters. The molecule has 0 fully saturated rings. The molecule has 0 saturated carbocycles. The fourth-order valence-corrected chi connectivity index (χ4v) is 4.11. The van der Waals surface area contributed by atoms with Crippen LogP contribution in [-0.4, -0.2) is 22.9 Å². The molecule has 4 rings (SSSR count). The highest BCUT2D eigenvalue weighted by Gasteiger charge is 2.35. The first-order valence-corrected chi connectivity index (χ1v) is 9.28. The molecule has 0 unspecified atom stereocenters. The SMILES string of the molecule is COc1ccccc1Cc1c(-c2ccncc2)[nH]c2c1C(=O)CC(C)(C)C2. The number of aromatic nitrogens is 2. The largest absolute Gasteiger partial charge is 0.496 e. The maximum Gasteiger partial charge on any atom is 0.165 e. The van der Waals surface area contributed by atoms with E-state index in [0.29, 0.717) is 12.8 Å². The fraction of sp³-hybridized carbons (Fsp3) is 0.304. The zero-order valence-corrected chi connectivity index (χ0v) is 16.0. The molecule has 1 aliphatic carbocycles. The van der Waals surface area contributed by atoms with Gasteiger partial charge in [-0.2, -0.15) is 0 Å². The summed E-state index contributed by atoms with van der Waals surface area (Å²) >= 11 is 0. The Balaban J connectivity index is 1.89. The molecule has 0 aliphatic heterocycles. The zero-order chi connectivity index (χ0) is 19.0. The lowest BCUT2D eigenvalue weighted by atomic mass is 9.75. The minimum Gasteiger partial charge on any atom is -0.496 e. The van der Waals surface area contributed by atoms with Crippen LogP contribution in [-0.2, 0) is 12.8 Å². The van der Waals surface area contributed by atoms with Gasteiger partial charge < -0.3 is 9.72 Å². The van der Waals surface area contributed by atoms with Gasteiger partial charge in [0, 0.05) is 42.1 Å². The third-order valence-corrected chi connectivity index (χ3v) is 5.28. The van der Waals surface area contributed by atoms with E-state index in [0.717, 1.165) is 45.8 Å². The number of fused-ring (bicyclic) bond motifs is 1. The predicted molar refractivity (Wildman–Crippen MR) is 106 cm³/mol.